The molecule has 192 valence electrons. The number of halogens is 3. The summed E-state index contributed by atoms with van der Waals surface area (Å²) in [6.07, 6.45) is 4.05. The Morgan fingerprint density at radius 1 is 1.09 bits per heavy atom. The van der Waals surface area contributed by atoms with Crippen LogP contribution in [0, 0.1) is 5.92 Å². The first-order chi connectivity index (χ1) is 15.0. The summed E-state index contributed by atoms with van der Waals surface area (Å²) < 4.78 is 74.8. The zero-order valence-electron chi connectivity index (χ0n) is 20.6. The van der Waals surface area contributed by atoms with E-state index in [9.17, 15) is 26.4 Å². The molecule has 0 unspecified atom stereocenters. The van der Waals surface area contributed by atoms with E-state index in [1.807, 2.05) is 6.92 Å². The van der Waals surface area contributed by atoms with Crippen molar-refractivity contribution in [1.82, 2.24) is 0 Å². The monoisotopic (exact) mass is 548 g/mol. The summed E-state index contributed by atoms with van der Waals surface area (Å²) in [7, 11) is -8.42. The summed E-state index contributed by atoms with van der Waals surface area (Å²) in [5, 5.41) is -0.559. The Bertz CT molecular complexity index is 858. The van der Waals surface area contributed by atoms with Gasteiger partial charge < -0.3 is 8.61 Å². The molecule has 0 fully saturated rings. The summed E-state index contributed by atoms with van der Waals surface area (Å²) in [6.45, 7) is 14.4. The molecule has 12 heteroatoms. The second-order valence-electron chi connectivity index (χ2n) is 9.05. The minimum Gasteiger partial charge on any atom is -0.412 e. The summed E-state index contributed by atoms with van der Waals surface area (Å²) in [5.41, 5.74) is -5.15. The molecule has 0 spiro atoms. The first-order valence-electron chi connectivity index (χ1n) is 10.7. The third kappa shape index (κ3) is 6.62. The molecule has 0 aromatic rings. The van der Waals surface area contributed by atoms with Gasteiger partial charge in [0.1, 0.15) is 5.76 Å². The number of rotatable bonds is 9. The van der Waals surface area contributed by atoms with Crippen molar-refractivity contribution in [2.24, 2.45) is 5.92 Å². The molecule has 0 N–H and O–H groups in total. The molecular formula is C21H35F3O5S3Si. The molecule has 0 saturated carbocycles. The largest absolute Gasteiger partial charge is 0.534 e. The minimum absolute atomic E-state index is 0.147. The van der Waals surface area contributed by atoms with E-state index in [2.05, 4.69) is 45.7 Å². The molecule has 0 saturated heterocycles. The van der Waals surface area contributed by atoms with E-state index in [0.717, 1.165) is 23.5 Å². The molecule has 0 bridgehead atoms. The molecule has 1 aliphatic rings. The predicted octanol–water partition coefficient (Wildman–Crippen LogP) is 6.84. The zero-order chi connectivity index (χ0) is 25.9. The number of hydrogen-bond donors (Lipinski definition) is 0. The van der Waals surface area contributed by atoms with Crippen LogP contribution in [-0.4, -0.2) is 46.0 Å². The van der Waals surface area contributed by atoms with Gasteiger partial charge in [0.15, 0.2) is 0 Å². The van der Waals surface area contributed by atoms with Crippen LogP contribution < -0.4 is 0 Å². The zero-order valence-corrected chi connectivity index (χ0v) is 24.0. The molecule has 0 heterocycles. The highest BCUT2D eigenvalue weighted by molar-refractivity contribution is 8.13. The molecular weight excluding hydrogens is 514 g/mol. The lowest BCUT2D eigenvalue weighted by Gasteiger charge is -2.45. The standard InChI is InChI=1S/C21H35F3O5S3Si/c1-12(2)33(13(3)4,14(5)6)29-16-11-17(28-32(26,27)21(22,23)24)19(20(25)31-9)18(30-8)10-15(16)7/h10,12-16H,11H2,1-9H3/t15-,16+/m1/s1. The van der Waals surface area contributed by atoms with Crippen molar-refractivity contribution in [3.05, 3.63) is 22.3 Å². The second kappa shape index (κ2) is 11.5. The van der Waals surface area contributed by atoms with Gasteiger partial charge in [0.05, 0.1) is 11.7 Å². The normalized spacial score (nSPS) is 21.0. The van der Waals surface area contributed by atoms with Crippen LogP contribution in [0.3, 0.4) is 0 Å². The fourth-order valence-corrected chi connectivity index (χ4v) is 12.0. The molecule has 0 aromatic carbocycles. The Morgan fingerprint density at radius 2 is 1.58 bits per heavy atom. The first-order valence-corrected chi connectivity index (χ1v) is 16.7. The molecule has 1 rings (SSSR count). The van der Waals surface area contributed by atoms with Crippen molar-refractivity contribution < 1.29 is 35.0 Å². The van der Waals surface area contributed by atoms with E-state index in [-0.39, 0.29) is 34.5 Å². The number of thioether (sulfide) groups is 2. The van der Waals surface area contributed by atoms with E-state index in [0.29, 0.717) is 4.91 Å². The average molecular weight is 549 g/mol. The van der Waals surface area contributed by atoms with Gasteiger partial charge in [-0.1, -0.05) is 66.3 Å². The summed E-state index contributed by atoms with van der Waals surface area (Å²) in [5.74, 6) is -0.796. The van der Waals surface area contributed by atoms with E-state index in [1.165, 1.54) is 6.26 Å². The van der Waals surface area contributed by atoms with Gasteiger partial charge in [0.2, 0.25) is 13.4 Å². The lowest BCUT2D eigenvalue weighted by atomic mass is 10.0. The van der Waals surface area contributed by atoms with Gasteiger partial charge in [-0.15, -0.1) is 11.8 Å². The van der Waals surface area contributed by atoms with Crippen molar-refractivity contribution >= 4 is 47.1 Å². The van der Waals surface area contributed by atoms with Gasteiger partial charge in [-0.3, -0.25) is 4.79 Å². The van der Waals surface area contributed by atoms with Crippen LogP contribution in [-0.2, 0) is 23.5 Å². The fraction of sp³-hybridized carbons (Fsp3) is 0.762. The van der Waals surface area contributed by atoms with Gasteiger partial charge >= 0.3 is 15.6 Å². The van der Waals surface area contributed by atoms with E-state index < -0.39 is 40.9 Å². The summed E-state index contributed by atoms with van der Waals surface area (Å²) in [6, 6.07) is 0. The average Bonchev–Trinajstić information content (AvgIpc) is 2.79. The van der Waals surface area contributed by atoms with Gasteiger partial charge in [0.25, 0.3) is 0 Å². The molecule has 1 aliphatic carbocycles. The van der Waals surface area contributed by atoms with Crippen LogP contribution in [0.5, 0.6) is 0 Å². The van der Waals surface area contributed by atoms with Crippen molar-refractivity contribution in [3.63, 3.8) is 0 Å². The van der Waals surface area contributed by atoms with Crippen molar-refractivity contribution in [3.8, 4) is 0 Å². The lowest BCUT2D eigenvalue weighted by molar-refractivity contribution is -0.107. The Hall–Kier alpha value is -0.433. The Labute approximate surface area is 205 Å². The summed E-state index contributed by atoms with van der Waals surface area (Å²) >= 11 is 1.95. The number of allylic oxidation sites excluding steroid dienone is 1. The number of hydrogen-bond acceptors (Lipinski definition) is 7. The molecule has 33 heavy (non-hydrogen) atoms. The smallest absolute Gasteiger partial charge is 0.412 e. The SMILES string of the molecule is CSC(=O)C1=C(OS(=O)(=O)C(F)(F)F)C[C@H](O[Si](C(C)C)(C(C)C)C(C)C)[C@H](C)C=C1SC. The first kappa shape index (κ1) is 30.6. The van der Waals surface area contributed by atoms with E-state index in [1.54, 1.807) is 12.3 Å². The van der Waals surface area contributed by atoms with Gasteiger partial charge in [-0.05, 0) is 29.1 Å². The van der Waals surface area contributed by atoms with Crippen molar-refractivity contribution in [2.75, 3.05) is 12.5 Å². The molecule has 0 amide bonds. The second-order valence-corrected chi connectivity index (χ2v) is 17.6. The van der Waals surface area contributed by atoms with Crippen molar-refractivity contribution in [2.45, 2.75) is 83.1 Å². The van der Waals surface area contributed by atoms with Crippen LogP contribution in [0.1, 0.15) is 54.9 Å². The van der Waals surface area contributed by atoms with Crippen LogP contribution in [0.15, 0.2) is 22.3 Å². The Morgan fingerprint density at radius 3 is 1.94 bits per heavy atom. The number of carbonyl (C=O) groups excluding carboxylic acids is 1. The molecule has 0 radical (unpaired) electrons. The minimum atomic E-state index is -5.95. The van der Waals surface area contributed by atoms with Crippen molar-refractivity contribution in [1.29, 1.82) is 0 Å². The van der Waals surface area contributed by atoms with Gasteiger partial charge in [-0.2, -0.15) is 21.6 Å². The van der Waals surface area contributed by atoms with Crippen LogP contribution in [0.2, 0.25) is 16.6 Å². The predicted molar refractivity (Wildman–Crippen MR) is 133 cm³/mol. The highest BCUT2D eigenvalue weighted by atomic mass is 32.2. The quantitative estimate of drug-likeness (QED) is 0.177. The number of alkyl halides is 3. The third-order valence-electron chi connectivity index (χ3n) is 6.08. The highest BCUT2D eigenvalue weighted by Gasteiger charge is 2.51. The third-order valence-corrected chi connectivity index (χ3v) is 14.5. The molecule has 0 aromatic heterocycles. The molecule has 0 aliphatic heterocycles. The maximum Gasteiger partial charge on any atom is 0.534 e. The molecule has 2 atom stereocenters. The maximum atomic E-state index is 13.2. The van der Waals surface area contributed by atoms with Gasteiger partial charge in [0, 0.05) is 17.2 Å². The highest BCUT2D eigenvalue weighted by Crippen LogP contribution is 2.46. The van der Waals surface area contributed by atoms with Gasteiger partial charge in [-0.25, -0.2) is 0 Å². The maximum absolute atomic E-state index is 13.2. The van der Waals surface area contributed by atoms with Crippen LogP contribution >= 0.6 is 23.5 Å². The van der Waals surface area contributed by atoms with Crippen LogP contribution in [0.25, 0.3) is 0 Å². The summed E-state index contributed by atoms with van der Waals surface area (Å²) in [4.78, 5) is 13.1. The van der Waals surface area contributed by atoms with E-state index >= 15 is 0 Å². The fourth-order valence-electron chi connectivity index (χ4n) is 4.60. The van der Waals surface area contributed by atoms with Crippen LogP contribution in [0.4, 0.5) is 13.2 Å². The van der Waals surface area contributed by atoms with E-state index in [4.69, 9.17) is 4.43 Å². The molecule has 5 nitrogen and oxygen atoms in total. The Balaban J connectivity index is 3.73. The Kier molecular flexibility index (Phi) is 10.7. The lowest BCUT2D eigenvalue weighted by Crippen LogP contribution is -2.51. The topological polar surface area (TPSA) is 69.7 Å². The number of carbonyl (C=O) groups is 1.